The van der Waals surface area contributed by atoms with Crippen molar-refractivity contribution < 1.29 is 28.8 Å². The van der Waals surface area contributed by atoms with Gasteiger partial charge in [-0.15, -0.1) is 0 Å². The van der Waals surface area contributed by atoms with Crippen LogP contribution < -0.4 is 15.4 Å². The molecule has 2 aromatic heterocycles. The van der Waals surface area contributed by atoms with Gasteiger partial charge in [0.1, 0.15) is 23.2 Å². The summed E-state index contributed by atoms with van der Waals surface area (Å²) in [7, 11) is 1.66. The number of anilines is 2. The predicted molar refractivity (Wildman–Crippen MR) is 152 cm³/mol. The van der Waals surface area contributed by atoms with Crippen LogP contribution in [-0.4, -0.2) is 81.8 Å². The first kappa shape index (κ1) is 29.5. The van der Waals surface area contributed by atoms with E-state index >= 15 is 0 Å². The Balaban J connectivity index is 1.60. The zero-order chi connectivity index (χ0) is 29.7. The van der Waals surface area contributed by atoms with E-state index in [0.29, 0.717) is 46.3 Å². The van der Waals surface area contributed by atoms with Crippen molar-refractivity contribution >= 4 is 29.2 Å². The third-order valence-electron chi connectivity index (χ3n) is 7.18. The van der Waals surface area contributed by atoms with Gasteiger partial charge in [-0.25, -0.2) is 4.79 Å². The van der Waals surface area contributed by atoms with E-state index < -0.39 is 12.1 Å². The second-order valence-corrected chi connectivity index (χ2v) is 10.4. The molecule has 0 aliphatic carbocycles. The van der Waals surface area contributed by atoms with Gasteiger partial charge >= 0.3 is 6.03 Å². The Kier molecular flexibility index (Phi) is 9.23. The van der Waals surface area contributed by atoms with Crippen molar-refractivity contribution in [3.8, 4) is 5.75 Å². The highest BCUT2D eigenvalue weighted by Crippen LogP contribution is 2.29. The summed E-state index contributed by atoms with van der Waals surface area (Å²) >= 11 is 0. The quantitative estimate of drug-likeness (QED) is 0.396. The highest BCUT2D eigenvalue weighted by molar-refractivity contribution is 6.04. The molecule has 41 heavy (non-hydrogen) atoms. The number of benzene rings is 1. The standard InChI is InChI=1S/C29H36N6O6/c1-17-14-35(18(2)16-36)26(37)13-22-12-23(31-28(38)21-8-10-30-11-9-21)6-7-24(22)40-25(17)15-34(5)29(39)32-27-19(3)33-41-20(27)4/h6-12,17-18,25,36H,13-16H2,1-5H3,(H,31,38)(H,32,39)/t17-,18+,25-/m0/s1. The molecule has 0 spiro atoms. The number of ether oxygens (including phenoxy) is 1. The van der Waals surface area contributed by atoms with Crippen molar-refractivity contribution in [1.29, 1.82) is 0 Å². The molecular weight excluding hydrogens is 528 g/mol. The van der Waals surface area contributed by atoms with Gasteiger partial charge in [-0.05, 0) is 51.1 Å². The van der Waals surface area contributed by atoms with Crippen LogP contribution in [0.25, 0.3) is 0 Å². The Morgan fingerprint density at radius 3 is 2.59 bits per heavy atom. The van der Waals surface area contributed by atoms with Crippen molar-refractivity contribution in [3.63, 3.8) is 0 Å². The van der Waals surface area contributed by atoms with Crippen molar-refractivity contribution in [2.45, 2.75) is 46.3 Å². The molecule has 3 heterocycles. The van der Waals surface area contributed by atoms with E-state index in [2.05, 4.69) is 20.8 Å². The molecule has 3 aromatic rings. The number of carbonyl (C=O) groups excluding carboxylic acids is 3. The molecule has 0 saturated carbocycles. The van der Waals surface area contributed by atoms with Gasteiger partial charge in [0.15, 0.2) is 5.76 Å². The molecule has 4 rings (SSSR count). The molecule has 0 bridgehead atoms. The number of nitrogens with zero attached hydrogens (tertiary/aromatic N) is 4. The zero-order valence-electron chi connectivity index (χ0n) is 23.9. The molecule has 1 aliphatic rings. The number of aliphatic hydroxyl groups is 1. The van der Waals surface area contributed by atoms with Gasteiger partial charge in [0, 0.05) is 48.7 Å². The van der Waals surface area contributed by atoms with E-state index in [0.717, 1.165) is 0 Å². The minimum absolute atomic E-state index is 0.0143. The lowest BCUT2D eigenvalue weighted by molar-refractivity contribution is -0.134. The number of nitrogens with one attached hydrogen (secondary N) is 2. The number of rotatable bonds is 7. The molecule has 0 unspecified atom stereocenters. The normalized spacial score (nSPS) is 17.8. The van der Waals surface area contributed by atoms with Crippen LogP contribution in [0.4, 0.5) is 16.2 Å². The minimum atomic E-state index is -0.495. The third kappa shape index (κ3) is 7.01. The maximum atomic E-state index is 13.4. The first-order valence-electron chi connectivity index (χ1n) is 13.4. The lowest BCUT2D eigenvalue weighted by Gasteiger charge is -2.34. The number of fused-ring (bicyclic) bond motifs is 1. The van der Waals surface area contributed by atoms with E-state index in [-0.39, 0.29) is 43.3 Å². The second-order valence-electron chi connectivity index (χ2n) is 10.4. The van der Waals surface area contributed by atoms with Gasteiger partial charge in [-0.1, -0.05) is 12.1 Å². The highest BCUT2D eigenvalue weighted by Gasteiger charge is 2.32. The summed E-state index contributed by atoms with van der Waals surface area (Å²) in [5.41, 5.74) is 2.63. The van der Waals surface area contributed by atoms with Gasteiger partial charge in [0.25, 0.3) is 5.91 Å². The highest BCUT2D eigenvalue weighted by atomic mass is 16.5. The lowest BCUT2D eigenvalue weighted by atomic mass is 10.0. The van der Waals surface area contributed by atoms with Crippen LogP contribution >= 0.6 is 0 Å². The molecule has 3 N–H and O–H groups in total. The largest absolute Gasteiger partial charge is 0.488 e. The summed E-state index contributed by atoms with van der Waals surface area (Å²) in [6.07, 6.45) is 2.59. The molecule has 1 aromatic carbocycles. The molecule has 0 radical (unpaired) electrons. The van der Waals surface area contributed by atoms with Gasteiger partial charge in [0.2, 0.25) is 5.91 Å². The van der Waals surface area contributed by atoms with Crippen LogP contribution in [0.3, 0.4) is 0 Å². The minimum Gasteiger partial charge on any atom is -0.488 e. The topological polar surface area (TPSA) is 150 Å². The van der Waals surface area contributed by atoms with E-state index in [4.69, 9.17) is 9.26 Å². The fourth-order valence-corrected chi connectivity index (χ4v) is 4.65. The second kappa shape index (κ2) is 12.8. The number of aryl methyl sites for hydroxylation is 2. The third-order valence-corrected chi connectivity index (χ3v) is 7.18. The molecule has 218 valence electrons. The average molecular weight is 565 g/mol. The summed E-state index contributed by atoms with van der Waals surface area (Å²) in [6, 6.07) is 7.60. The molecule has 12 nitrogen and oxygen atoms in total. The van der Waals surface area contributed by atoms with Gasteiger partial charge < -0.3 is 34.8 Å². The Hall–Kier alpha value is -4.45. The number of hydrogen-bond donors (Lipinski definition) is 3. The number of aromatic nitrogens is 2. The van der Waals surface area contributed by atoms with E-state index in [1.165, 1.54) is 17.3 Å². The summed E-state index contributed by atoms with van der Waals surface area (Å²) in [6.45, 7) is 7.54. The molecule has 4 amide bonds. The molecule has 0 fully saturated rings. The summed E-state index contributed by atoms with van der Waals surface area (Å²) in [5.74, 6) is 0.306. The Bertz CT molecular complexity index is 1370. The number of carbonyl (C=O) groups is 3. The van der Waals surface area contributed by atoms with Gasteiger partial charge in [0.05, 0.1) is 25.6 Å². The molecule has 12 heteroatoms. The van der Waals surface area contributed by atoms with Crippen LogP contribution in [0.15, 0.2) is 47.2 Å². The number of pyridine rings is 1. The number of amides is 4. The SMILES string of the molecule is Cc1noc(C)c1NC(=O)N(C)C[C@@H]1Oc2ccc(NC(=O)c3ccncc3)cc2CC(=O)N([C@H](C)CO)C[C@@H]1C. The van der Waals surface area contributed by atoms with Crippen molar-refractivity contribution in [1.82, 2.24) is 19.9 Å². The Morgan fingerprint density at radius 1 is 1.20 bits per heavy atom. The predicted octanol–water partition coefficient (Wildman–Crippen LogP) is 3.25. The average Bonchev–Trinajstić information content (AvgIpc) is 3.29. The fourth-order valence-electron chi connectivity index (χ4n) is 4.65. The van der Waals surface area contributed by atoms with Crippen LogP contribution in [-0.2, 0) is 11.2 Å². The first-order chi connectivity index (χ1) is 19.6. The summed E-state index contributed by atoms with van der Waals surface area (Å²) < 4.78 is 11.6. The summed E-state index contributed by atoms with van der Waals surface area (Å²) in [5, 5.41) is 19.4. The Labute approximate surface area is 238 Å². The van der Waals surface area contributed by atoms with E-state index in [9.17, 15) is 19.5 Å². The van der Waals surface area contributed by atoms with Crippen LogP contribution in [0.5, 0.6) is 5.75 Å². The van der Waals surface area contributed by atoms with Crippen molar-refractivity contribution in [3.05, 3.63) is 65.3 Å². The molecule has 1 aliphatic heterocycles. The van der Waals surface area contributed by atoms with Crippen LogP contribution in [0, 0.1) is 19.8 Å². The summed E-state index contributed by atoms with van der Waals surface area (Å²) in [4.78, 5) is 46.3. The van der Waals surface area contributed by atoms with Gasteiger partial charge in [-0.2, -0.15) is 0 Å². The maximum Gasteiger partial charge on any atom is 0.321 e. The number of hydrogen-bond acceptors (Lipinski definition) is 8. The van der Waals surface area contributed by atoms with Crippen LogP contribution in [0.2, 0.25) is 0 Å². The van der Waals surface area contributed by atoms with E-state index in [1.54, 1.807) is 63.1 Å². The molecular formula is C29H36N6O6. The number of likely N-dealkylation sites (N-methyl/N-ethyl adjacent to an activating group) is 1. The maximum absolute atomic E-state index is 13.4. The molecule has 0 saturated heterocycles. The number of urea groups is 1. The first-order valence-corrected chi connectivity index (χ1v) is 13.4. The van der Waals surface area contributed by atoms with Gasteiger partial charge in [-0.3, -0.25) is 14.6 Å². The molecule has 3 atom stereocenters. The zero-order valence-corrected chi connectivity index (χ0v) is 23.9. The van der Waals surface area contributed by atoms with Crippen molar-refractivity contribution in [2.75, 3.05) is 37.4 Å². The Morgan fingerprint density at radius 2 is 1.93 bits per heavy atom. The van der Waals surface area contributed by atoms with Crippen LogP contribution in [0.1, 0.15) is 41.2 Å². The monoisotopic (exact) mass is 564 g/mol. The smallest absolute Gasteiger partial charge is 0.321 e. The fraction of sp³-hybridized carbons (Fsp3) is 0.414. The number of aliphatic hydroxyl groups excluding tert-OH is 1. The lowest BCUT2D eigenvalue weighted by Crippen LogP contribution is -2.48. The van der Waals surface area contributed by atoms with Crippen molar-refractivity contribution in [2.24, 2.45) is 5.92 Å². The van der Waals surface area contributed by atoms with E-state index in [1.807, 2.05) is 6.92 Å².